The molecule has 0 aliphatic heterocycles. The minimum absolute atomic E-state index is 0.782. The molecule has 4 heteroatoms. The van der Waals surface area contributed by atoms with Crippen LogP contribution >= 0.6 is 0 Å². The average molecular weight is 425 g/mol. The summed E-state index contributed by atoms with van der Waals surface area (Å²) < 4.78 is 0. The van der Waals surface area contributed by atoms with Crippen molar-refractivity contribution < 1.29 is 0 Å². The lowest BCUT2D eigenvalue weighted by Crippen LogP contribution is -2.11. The highest BCUT2D eigenvalue weighted by atomic mass is 15.1. The fraction of sp³-hybridized carbons (Fsp3) is 0.143. The van der Waals surface area contributed by atoms with Gasteiger partial charge in [-0.2, -0.15) is 0 Å². The van der Waals surface area contributed by atoms with E-state index in [1.807, 2.05) is 60.7 Å². The Labute approximate surface area is 191 Å². The van der Waals surface area contributed by atoms with Crippen LogP contribution in [0.2, 0.25) is 0 Å². The van der Waals surface area contributed by atoms with Crippen LogP contribution in [-0.4, -0.2) is 14.1 Å². The molecule has 0 spiro atoms. The maximum Gasteiger partial charge on any atom is 0.0393 e. The predicted molar refractivity (Wildman–Crippen MR) is 141 cm³/mol. The lowest BCUT2D eigenvalue weighted by Gasteiger charge is -2.19. The van der Waals surface area contributed by atoms with Crippen LogP contribution in [0, 0.1) is 13.8 Å². The second kappa shape index (κ2) is 9.92. The molecule has 0 aliphatic rings. The summed E-state index contributed by atoms with van der Waals surface area (Å²) in [5, 5.41) is 0. The van der Waals surface area contributed by atoms with Crippen LogP contribution in [0.1, 0.15) is 11.1 Å². The van der Waals surface area contributed by atoms with Gasteiger partial charge < -0.3 is 22.1 Å². The van der Waals surface area contributed by atoms with Gasteiger partial charge in [-0.25, -0.2) is 0 Å². The van der Waals surface area contributed by atoms with Crippen LogP contribution < -0.4 is 22.1 Å². The van der Waals surface area contributed by atoms with E-state index in [2.05, 4.69) is 57.1 Å². The number of anilines is 4. The first kappa shape index (κ1) is 22.8. The third-order valence-corrected chi connectivity index (χ3v) is 5.62. The molecule has 0 saturated carbocycles. The largest absolute Gasteiger partial charge is 0.399 e. The quantitative estimate of drug-likeness (QED) is 0.345. The molecule has 6 N–H and O–H groups in total. The molecule has 0 atom stereocenters. The fourth-order valence-corrected chi connectivity index (χ4v) is 3.62. The summed E-state index contributed by atoms with van der Waals surface area (Å²) in [5.74, 6) is 0. The Morgan fingerprint density at radius 1 is 0.469 bits per heavy atom. The van der Waals surface area contributed by atoms with Crippen molar-refractivity contribution in [2.24, 2.45) is 0 Å². The zero-order valence-electron chi connectivity index (χ0n) is 19.3. The van der Waals surface area contributed by atoms with Crippen LogP contribution in [-0.2, 0) is 0 Å². The molecule has 4 rings (SSSR count). The van der Waals surface area contributed by atoms with Crippen molar-refractivity contribution in [3.05, 3.63) is 96.1 Å². The zero-order chi connectivity index (χ0) is 23.3. The van der Waals surface area contributed by atoms with E-state index in [9.17, 15) is 0 Å². The Kier molecular flexibility index (Phi) is 7.06. The molecule has 4 nitrogen and oxygen atoms in total. The monoisotopic (exact) mass is 424 g/mol. The van der Waals surface area contributed by atoms with Gasteiger partial charge in [0.1, 0.15) is 0 Å². The van der Waals surface area contributed by atoms with Crippen molar-refractivity contribution in [1.29, 1.82) is 0 Å². The van der Waals surface area contributed by atoms with E-state index in [-0.39, 0.29) is 0 Å². The van der Waals surface area contributed by atoms with Gasteiger partial charge in [-0.1, -0.05) is 42.5 Å². The smallest absolute Gasteiger partial charge is 0.0393 e. The van der Waals surface area contributed by atoms with E-state index in [1.165, 1.54) is 27.9 Å². The van der Waals surface area contributed by atoms with Crippen molar-refractivity contribution in [2.45, 2.75) is 13.8 Å². The first-order valence-corrected chi connectivity index (χ1v) is 10.6. The molecule has 0 heterocycles. The number of hydrogen-bond acceptors (Lipinski definition) is 4. The van der Waals surface area contributed by atoms with Gasteiger partial charge in [0.2, 0.25) is 0 Å². The van der Waals surface area contributed by atoms with Crippen molar-refractivity contribution in [2.75, 3.05) is 36.2 Å². The maximum absolute atomic E-state index is 5.73. The topological polar surface area (TPSA) is 81.3 Å². The third-order valence-electron chi connectivity index (χ3n) is 5.62. The molecular weight excluding hydrogens is 392 g/mol. The second-order valence-electron chi connectivity index (χ2n) is 8.14. The van der Waals surface area contributed by atoms with E-state index in [4.69, 9.17) is 17.2 Å². The number of hydrogen-bond donors (Lipinski definition) is 3. The highest BCUT2D eigenvalue weighted by Gasteiger charge is 2.09. The van der Waals surface area contributed by atoms with Gasteiger partial charge in [0.25, 0.3) is 0 Å². The highest BCUT2D eigenvalue weighted by Crippen LogP contribution is 2.31. The predicted octanol–water partition coefficient (Wildman–Crippen LogP) is 6.14. The van der Waals surface area contributed by atoms with Gasteiger partial charge >= 0.3 is 0 Å². The highest BCUT2D eigenvalue weighted by molar-refractivity contribution is 5.74. The normalized spacial score (nSPS) is 10.2. The van der Waals surface area contributed by atoms with Crippen molar-refractivity contribution in [1.82, 2.24) is 0 Å². The minimum Gasteiger partial charge on any atom is -0.399 e. The van der Waals surface area contributed by atoms with Gasteiger partial charge in [-0.3, -0.25) is 0 Å². The molecule has 4 aromatic rings. The molecule has 0 unspecified atom stereocenters. The average Bonchev–Trinajstić information content (AvgIpc) is 2.78. The molecule has 0 fully saturated rings. The van der Waals surface area contributed by atoms with E-state index in [0.29, 0.717) is 0 Å². The van der Waals surface area contributed by atoms with Crippen LogP contribution in [0.3, 0.4) is 0 Å². The molecular formula is C28H32N4. The molecule has 0 aliphatic carbocycles. The lowest BCUT2D eigenvalue weighted by molar-refractivity contribution is 1.11. The standard InChI is InChI=1S/C16H20N2.C12H12N2/c1-11-12(2)16(18(3)4)10-9-15(11)13-5-7-14(17)8-6-13;13-11-5-1-9(2-6-11)10-3-7-12(14)8-4-10/h5-10H,17H2,1-4H3;1-8H,13-14H2. The summed E-state index contributed by atoms with van der Waals surface area (Å²) in [6.45, 7) is 4.35. The van der Waals surface area contributed by atoms with Gasteiger partial charge in [-0.15, -0.1) is 0 Å². The number of benzene rings is 4. The summed E-state index contributed by atoms with van der Waals surface area (Å²) in [4.78, 5) is 2.15. The van der Waals surface area contributed by atoms with Crippen LogP contribution in [0.5, 0.6) is 0 Å². The Hall–Kier alpha value is -3.92. The molecule has 4 aromatic carbocycles. The van der Waals surface area contributed by atoms with Crippen LogP contribution in [0.4, 0.5) is 22.7 Å². The third kappa shape index (κ3) is 5.41. The number of rotatable bonds is 3. The molecule has 32 heavy (non-hydrogen) atoms. The summed E-state index contributed by atoms with van der Waals surface area (Å²) in [6.07, 6.45) is 0. The van der Waals surface area contributed by atoms with E-state index in [1.54, 1.807) is 0 Å². The fourth-order valence-electron chi connectivity index (χ4n) is 3.62. The SMILES string of the molecule is Cc1c(-c2ccc(N)cc2)ccc(N(C)C)c1C.Nc1ccc(-c2ccc(N)cc2)cc1. The van der Waals surface area contributed by atoms with Gasteiger partial charge in [0.05, 0.1) is 0 Å². The lowest BCUT2D eigenvalue weighted by atomic mass is 9.95. The van der Waals surface area contributed by atoms with E-state index >= 15 is 0 Å². The van der Waals surface area contributed by atoms with Crippen molar-refractivity contribution in [3.63, 3.8) is 0 Å². The molecule has 0 bridgehead atoms. The molecule has 0 aromatic heterocycles. The summed E-state index contributed by atoms with van der Waals surface area (Å²) in [6, 6.07) is 28.0. The maximum atomic E-state index is 5.73. The summed E-state index contributed by atoms with van der Waals surface area (Å²) in [7, 11) is 4.15. The summed E-state index contributed by atoms with van der Waals surface area (Å²) >= 11 is 0. The Morgan fingerprint density at radius 3 is 1.22 bits per heavy atom. The van der Waals surface area contributed by atoms with Crippen molar-refractivity contribution >= 4 is 22.7 Å². The van der Waals surface area contributed by atoms with Crippen molar-refractivity contribution in [3.8, 4) is 22.3 Å². The van der Waals surface area contributed by atoms with E-state index in [0.717, 1.165) is 28.2 Å². The van der Waals surface area contributed by atoms with Crippen LogP contribution in [0.15, 0.2) is 84.9 Å². The van der Waals surface area contributed by atoms with Gasteiger partial charge in [0, 0.05) is 36.8 Å². The van der Waals surface area contributed by atoms with Crippen LogP contribution in [0.25, 0.3) is 22.3 Å². The number of nitrogen functional groups attached to an aromatic ring is 3. The minimum atomic E-state index is 0.782. The summed E-state index contributed by atoms with van der Waals surface area (Å²) in [5.41, 5.74) is 28.0. The van der Waals surface area contributed by atoms with Gasteiger partial charge in [0.15, 0.2) is 0 Å². The first-order chi connectivity index (χ1) is 15.3. The molecule has 164 valence electrons. The zero-order valence-corrected chi connectivity index (χ0v) is 19.3. The second-order valence-corrected chi connectivity index (χ2v) is 8.14. The Morgan fingerprint density at radius 2 is 0.844 bits per heavy atom. The number of nitrogens with zero attached hydrogens (tertiary/aromatic N) is 1. The first-order valence-electron chi connectivity index (χ1n) is 10.6. The molecule has 0 amide bonds. The Balaban J connectivity index is 0.000000186. The molecule has 0 radical (unpaired) electrons. The Bertz CT molecular complexity index is 1120. The van der Waals surface area contributed by atoms with E-state index < -0.39 is 0 Å². The molecule has 0 saturated heterocycles. The number of nitrogens with two attached hydrogens (primary N) is 3. The van der Waals surface area contributed by atoms with Gasteiger partial charge in [-0.05, 0) is 89.7 Å².